The van der Waals surface area contributed by atoms with Crippen LogP contribution in [0.15, 0.2) is 0 Å². The van der Waals surface area contributed by atoms with Gasteiger partial charge in [-0.05, 0) is 46.3 Å². The Bertz CT molecular complexity index is 161. The van der Waals surface area contributed by atoms with Crippen LogP contribution in [0.5, 0.6) is 0 Å². The van der Waals surface area contributed by atoms with Crippen molar-refractivity contribution in [3.63, 3.8) is 0 Å². The zero-order valence-corrected chi connectivity index (χ0v) is 9.50. The minimum Gasteiger partial charge on any atom is -0.396 e. The van der Waals surface area contributed by atoms with Crippen molar-refractivity contribution in [2.24, 2.45) is 11.7 Å². The molecule has 0 aliphatic carbocycles. The largest absolute Gasteiger partial charge is 0.396 e. The molecule has 3 heteroatoms. The number of nitrogens with two attached hydrogens (primary N) is 1. The van der Waals surface area contributed by atoms with Crippen LogP contribution in [0.3, 0.4) is 0 Å². The summed E-state index contributed by atoms with van der Waals surface area (Å²) in [5, 5.41) is 9.29. The molecule has 1 aliphatic heterocycles. The molecule has 1 aliphatic rings. The Balaban J connectivity index is 2.60. The second-order valence-corrected chi connectivity index (χ2v) is 4.82. The highest BCUT2D eigenvalue weighted by molar-refractivity contribution is 4.90. The fourth-order valence-electron chi connectivity index (χ4n) is 2.31. The van der Waals surface area contributed by atoms with Gasteiger partial charge < -0.3 is 10.8 Å². The molecule has 84 valence electrons. The number of piperidine rings is 1. The maximum Gasteiger partial charge on any atom is 0.0488 e. The Morgan fingerprint density at radius 3 is 2.29 bits per heavy atom. The van der Waals surface area contributed by atoms with Gasteiger partial charge in [0.2, 0.25) is 0 Å². The van der Waals surface area contributed by atoms with Crippen LogP contribution >= 0.6 is 0 Å². The van der Waals surface area contributed by atoms with E-state index < -0.39 is 0 Å². The first-order valence-corrected chi connectivity index (χ1v) is 5.69. The fourth-order valence-corrected chi connectivity index (χ4v) is 2.31. The van der Waals surface area contributed by atoms with Gasteiger partial charge in [-0.25, -0.2) is 0 Å². The molecule has 3 nitrogen and oxygen atoms in total. The van der Waals surface area contributed by atoms with E-state index in [2.05, 4.69) is 18.7 Å². The monoisotopic (exact) mass is 200 g/mol. The molecule has 0 aromatic rings. The lowest BCUT2D eigenvalue weighted by Gasteiger charge is -2.45. The summed E-state index contributed by atoms with van der Waals surface area (Å²) in [5.41, 5.74) is 5.73. The number of hydrogen-bond donors (Lipinski definition) is 2. The smallest absolute Gasteiger partial charge is 0.0488 e. The molecule has 0 unspecified atom stereocenters. The normalized spacial score (nSPS) is 22.3. The summed E-state index contributed by atoms with van der Waals surface area (Å²) in [7, 11) is 0. The zero-order chi connectivity index (χ0) is 10.6. The molecule has 0 radical (unpaired) electrons. The minimum atomic E-state index is 0.0456. The summed E-state index contributed by atoms with van der Waals surface area (Å²) in [4.78, 5) is 2.48. The van der Waals surface area contributed by atoms with E-state index in [0.29, 0.717) is 6.54 Å². The van der Waals surface area contributed by atoms with Gasteiger partial charge in [0.1, 0.15) is 0 Å². The lowest BCUT2D eigenvalue weighted by Crippen LogP contribution is -2.54. The van der Waals surface area contributed by atoms with Gasteiger partial charge in [-0.3, -0.25) is 4.90 Å². The van der Waals surface area contributed by atoms with Gasteiger partial charge in [0.15, 0.2) is 0 Å². The molecule has 1 atom stereocenters. The number of hydrogen-bond acceptors (Lipinski definition) is 3. The molecule has 14 heavy (non-hydrogen) atoms. The number of nitrogens with zero attached hydrogens (tertiary/aromatic N) is 1. The third-order valence-corrected chi connectivity index (χ3v) is 3.68. The van der Waals surface area contributed by atoms with E-state index in [1.807, 2.05) is 0 Å². The summed E-state index contributed by atoms with van der Waals surface area (Å²) >= 11 is 0. The third kappa shape index (κ3) is 2.47. The molecular weight excluding hydrogens is 176 g/mol. The summed E-state index contributed by atoms with van der Waals surface area (Å²) in [5.74, 6) is 0.195. The number of aliphatic hydroxyl groups excluding tert-OH is 1. The molecular formula is C11H24N2O. The predicted octanol–water partition coefficient (Wildman–Crippen LogP) is 0.818. The van der Waals surface area contributed by atoms with Crippen molar-refractivity contribution in [2.75, 3.05) is 26.2 Å². The third-order valence-electron chi connectivity index (χ3n) is 3.68. The van der Waals surface area contributed by atoms with Crippen LogP contribution in [0.1, 0.15) is 33.1 Å². The Kier molecular flexibility index (Phi) is 4.35. The zero-order valence-electron chi connectivity index (χ0n) is 9.50. The molecule has 0 bridgehead atoms. The van der Waals surface area contributed by atoms with E-state index in [0.717, 1.165) is 13.1 Å². The van der Waals surface area contributed by atoms with Gasteiger partial charge in [-0.1, -0.05) is 6.42 Å². The van der Waals surface area contributed by atoms with E-state index in [1.54, 1.807) is 0 Å². The highest BCUT2D eigenvalue weighted by Gasteiger charge is 2.34. The second kappa shape index (κ2) is 5.10. The van der Waals surface area contributed by atoms with Crippen LogP contribution in [0.2, 0.25) is 0 Å². The molecule has 0 saturated carbocycles. The lowest BCUT2D eigenvalue weighted by atomic mass is 9.85. The van der Waals surface area contributed by atoms with E-state index >= 15 is 0 Å². The van der Waals surface area contributed by atoms with Crippen LogP contribution in [0.25, 0.3) is 0 Å². The maximum absolute atomic E-state index is 9.29. The summed E-state index contributed by atoms with van der Waals surface area (Å²) in [6.07, 6.45) is 3.91. The molecule has 0 aromatic heterocycles. The van der Waals surface area contributed by atoms with Gasteiger partial charge in [0, 0.05) is 18.1 Å². The van der Waals surface area contributed by atoms with Crippen LogP contribution in [0.4, 0.5) is 0 Å². The summed E-state index contributed by atoms with van der Waals surface area (Å²) < 4.78 is 0. The van der Waals surface area contributed by atoms with Crippen molar-refractivity contribution < 1.29 is 5.11 Å². The van der Waals surface area contributed by atoms with E-state index in [9.17, 15) is 5.11 Å². The summed E-state index contributed by atoms with van der Waals surface area (Å²) in [6.45, 7) is 7.48. The minimum absolute atomic E-state index is 0.0456. The first-order valence-electron chi connectivity index (χ1n) is 5.69. The van der Waals surface area contributed by atoms with Gasteiger partial charge >= 0.3 is 0 Å². The number of aliphatic hydroxyl groups is 1. The van der Waals surface area contributed by atoms with E-state index in [4.69, 9.17) is 5.73 Å². The van der Waals surface area contributed by atoms with Crippen LogP contribution in [-0.2, 0) is 0 Å². The van der Waals surface area contributed by atoms with Crippen LogP contribution in [-0.4, -0.2) is 41.8 Å². The Morgan fingerprint density at radius 1 is 1.29 bits per heavy atom. The number of likely N-dealkylation sites (tertiary alicyclic amines) is 1. The topological polar surface area (TPSA) is 49.5 Å². The second-order valence-electron chi connectivity index (χ2n) is 4.82. The van der Waals surface area contributed by atoms with Crippen molar-refractivity contribution in [1.29, 1.82) is 0 Å². The van der Waals surface area contributed by atoms with Crippen molar-refractivity contribution in [3.05, 3.63) is 0 Å². The van der Waals surface area contributed by atoms with Gasteiger partial charge in [0.05, 0.1) is 0 Å². The highest BCUT2D eigenvalue weighted by Crippen LogP contribution is 2.27. The first-order chi connectivity index (χ1) is 6.62. The Labute approximate surface area is 87.3 Å². The molecule has 0 amide bonds. The molecule has 1 rings (SSSR count). The van der Waals surface area contributed by atoms with Gasteiger partial charge in [0.25, 0.3) is 0 Å². The SMILES string of the molecule is CC(C)([C@H](CN)CO)N1CCCCC1. The standard InChI is InChI=1S/C11H24N2O/c1-11(2,10(8-12)9-14)13-6-4-3-5-7-13/h10,14H,3-9,12H2,1-2H3/t10-/m1/s1. The lowest BCUT2D eigenvalue weighted by molar-refractivity contribution is 0.0227. The van der Waals surface area contributed by atoms with Gasteiger partial charge in [-0.2, -0.15) is 0 Å². The van der Waals surface area contributed by atoms with Crippen molar-refractivity contribution in [1.82, 2.24) is 4.90 Å². The van der Waals surface area contributed by atoms with Gasteiger partial charge in [-0.15, -0.1) is 0 Å². The molecule has 3 N–H and O–H groups in total. The van der Waals surface area contributed by atoms with Crippen molar-refractivity contribution in [3.8, 4) is 0 Å². The molecule has 0 spiro atoms. The molecule has 0 aromatic carbocycles. The molecule has 1 fully saturated rings. The first kappa shape index (κ1) is 12.0. The van der Waals surface area contributed by atoms with E-state index in [1.165, 1.54) is 19.3 Å². The average molecular weight is 200 g/mol. The molecule has 1 heterocycles. The predicted molar refractivity (Wildman–Crippen MR) is 59.1 cm³/mol. The summed E-state index contributed by atoms with van der Waals surface area (Å²) in [6, 6.07) is 0. The maximum atomic E-state index is 9.29. The quantitative estimate of drug-likeness (QED) is 0.706. The Morgan fingerprint density at radius 2 is 1.86 bits per heavy atom. The fraction of sp³-hybridized carbons (Fsp3) is 1.00. The molecule has 1 saturated heterocycles. The van der Waals surface area contributed by atoms with E-state index in [-0.39, 0.29) is 18.1 Å². The Hall–Kier alpha value is -0.120. The highest BCUT2D eigenvalue weighted by atomic mass is 16.3. The van der Waals surface area contributed by atoms with Crippen molar-refractivity contribution in [2.45, 2.75) is 38.6 Å². The average Bonchev–Trinajstić information content (AvgIpc) is 2.20. The number of rotatable bonds is 4. The van der Waals surface area contributed by atoms with Crippen LogP contribution < -0.4 is 5.73 Å². The van der Waals surface area contributed by atoms with Crippen LogP contribution in [0, 0.1) is 5.92 Å². The van der Waals surface area contributed by atoms with Crippen molar-refractivity contribution >= 4 is 0 Å².